The molecule has 1 fully saturated rings. The van der Waals surface area contributed by atoms with Gasteiger partial charge in [-0.1, -0.05) is 26.1 Å². The number of rotatable bonds is 4. The molecule has 1 heterocycles. The lowest BCUT2D eigenvalue weighted by Gasteiger charge is -2.31. The van der Waals surface area contributed by atoms with Gasteiger partial charge in [0.1, 0.15) is 0 Å². The zero-order valence-electron chi connectivity index (χ0n) is 8.62. The van der Waals surface area contributed by atoms with Gasteiger partial charge in [0.05, 0.1) is 11.0 Å². The quantitative estimate of drug-likeness (QED) is 0.703. The molecule has 0 radical (unpaired) electrons. The predicted molar refractivity (Wildman–Crippen MR) is 60.9 cm³/mol. The fourth-order valence-corrected chi connectivity index (χ4v) is 2.61. The minimum absolute atomic E-state index is 0.336. The van der Waals surface area contributed by atoms with E-state index in [0.717, 1.165) is 6.42 Å². The van der Waals surface area contributed by atoms with Crippen molar-refractivity contribution in [2.45, 2.75) is 51.6 Å². The lowest BCUT2D eigenvalue weighted by molar-refractivity contribution is 0.214. The summed E-state index contributed by atoms with van der Waals surface area (Å²) in [5.74, 6) is 0. The molecule has 0 spiro atoms. The van der Waals surface area contributed by atoms with Crippen LogP contribution in [0.1, 0.15) is 39.5 Å². The zero-order chi connectivity index (χ0) is 9.84. The van der Waals surface area contributed by atoms with Crippen molar-refractivity contribution in [2.75, 3.05) is 6.54 Å². The van der Waals surface area contributed by atoms with Gasteiger partial charge in [-0.2, -0.15) is 0 Å². The molecule has 0 aromatic rings. The molecule has 1 aliphatic heterocycles. The van der Waals surface area contributed by atoms with Gasteiger partial charge in [0.2, 0.25) is 0 Å². The summed E-state index contributed by atoms with van der Waals surface area (Å²) in [6.45, 7) is 5.58. The van der Waals surface area contributed by atoms with E-state index in [4.69, 9.17) is 18.0 Å². The van der Waals surface area contributed by atoms with Crippen LogP contribution in [0, 0.1) is 0 Å². The molecule has 1 saturated heterocycles. The third-order valence-corrected chi connectivity index (χ3v) is 3.28. The van der Waals surface area contributed by atoms with E-state index >= 15 is 0 Å². The van der Waals surface area contributed by atoms with Gasteiger partial charge in [-0.15, -0.1) is 0 Å². The lowest BCUT2D eigenvalue weighted by atomic mass is 10.1. The first-order chi connectivity index (χ1) is 6.20. The first-order valence-electron chi connectivity index (χ1n) is 5.25. The van der Waals surface area contributed by atoms with E-state index in [1.165, 1.54) is 25.8 Å². The fraction of sp³-hybridized carbons (Fsp3) is 0.900. The molecular formula is C10H20N2S. The predicted octanol–water partition coefficient (Wildman–Crippen LogP) is 1.93. The molecule has 0 bridgehead atoms. The Labute approximate surface area is 86.5 Å². The summed E-state index contributed by atoms with van der Waals surface area (Å²) in [6, 6.07) is 1.05. The first-order valence-corrected chi connectivity index (χ1v) is 5.66. The lowest BCUT2D eigenvalue weighted by Crippen LogP contribution is -2.45. The number of nitrogens with zero attached hydrogens (tertiary/aromatic N) is 1. The molecule has 1 aliphatic rings. The molecule has 2 N–H and O–H groups in total. The Morgan fingerprint density at radius 3 is 2.77 bits per heavy atom. The monoisotopic (exact) mass is 200 g/mol. The van der Waals surface area contributed by atoms with Gasteiger partial charge >= 0.3 is 0 Å². The van der Waals surface area contributed by atoms with Crippen molar-refractivity contribution in [2.24, 2.45) is 5.73 Å². The van der Waals surface area contributed by atoms with Crippen LogP contribution in [0.2, 0.25) is 0 Å². The maximum Gasteiger partial charge on any atom is 0.0902 e. The molecule has 0 aromatic heterocycles. The van der Waals surface area contributed by atoms with Crippen molar-refractivity contribution >= 4 is 17.2 Å². The Morgan fingerprint density at radius 1 is 1.62 bits per heavy atom. The Morgan fingerprint density at radius 2 is 2.31 bits per heavy atom. The Kier molecular flexibility index (Phi) is 4.13. The van der Waals surface area contributed by atoms with E-state index in [1.54, 1.807) is 0 Å². The molecule has 0 aromatic carbocycles. The highest BCUT2D eigenvalue weighted by atomic mass is 32.1. The smallest absolute Gasteiger partial charge is 0.0902 e. The SMILES string of the molecule is CCC1CCCN1C(CC)C(N)=S. The van der Waals surface area contributed by atoms with E-state index in [0.29, 0.717) is 17.1 Å². The molecule has 1 rings (SSSR count). The minimum atomic E-state index is 0.336. The summed E-state index contributed by atoms with van der Waals surface area (Å²) in [5, 5.41) is 0. The Bertz CT molecular complexity index is 182. The summed E-state index contributed by atoms with van der Waals surface area (Å²) in [4.78, 5) is 3.16. The van der Waals surface area contributed by atoms with Crippen LogP contribution in [0.5, 0.6) is 0 Å². The number of likely N-dealkylation sites (tertiary alicyclic amines) is 1. The van der Waals surface area contributed by atoms with E-state index in [-0.39, 0.29) is 0 Å². The summed E-state index contributed by atoms with van der Waals surface area (Å²) < 4.78 is 0. The Hall–Kier alpha value is -0.150. The number of nitrogens with two attached hydrogens (primary N) is 1. The normalized spacial score (nSPS) is 26.2. The minimum Gasteiger partial charge on any atom is -0.392 e. The first kappa shape index (κ1) is 10.9. The maximum atomic E-state index is 5.73. The van der Waals surface area contributed by atoms with Gasteiger partial charge in [-0.05, 0) is 32.2 Å². The van der Waals surface area contributed by atoms with Crippen LogP contribution in [0.15, 0.2) is 0 Å². The third-order valence-electron chi connectivity index (χ3n) is 3.01. The second kappa shape index (κ2) is 4.91. The van der Waals surface area contributed by atoms with Crippen molar-refractivity contribution in [1.29, 1.82) is 0 Å². The zero-order valence-corrected chi connectivity index (χ0v) is 9.44. The van der Waals surface area contributed by atoms with Crippen molar-refractivity contribution < 1.29 is 0 Å². The van der Waals surface area contributed by atoms with Crippen LogP contribution in [0.3, 0.4) is 0 Å². The van der Waals surface area contributed by atoms with Crippen LogP contribution in [0.25, 0.3) is 0 Å². The number of hydrogen-bond acceptors (Lipinski definition) is 2. The van der Waals surface area contributed by atoms with E-state index in [1.807, 2.05) is 0 Å². The van der Waals surface area contributed by atoms with Crippen molar-refractivity contribution in [3.63, 3.8) is 0 Å². The molecule has 76 valence electrons. The van der Waals surface area contributed by atoms with Crippen molar-refractivity contribution in [3.05, 3.63) is 0 Å². The summed E-state index contributed by atoms with van der Waals surface area (Å²) >= 11 is 5.09. The van der Waals surface area contributed by atoms with E-state index in [9.17, 15) is 0 Å². The van der Waals surface area contributed by atoms with Gasteiger partial charge in [0, 0.05) is 6.04 Å². The van der Waals surface area contributed by atoms with Crippen LogP contribution >= 0.6 is 12.2 Å². The second-order valence-corrected chi connectivity index (χ2v) is 4.24. The molecule has 2 unspecified atom stereocenters. The van der Waals surface area contributed by atoms with Crippen LogP contribution < -0.4 is 5.73 Å². The van der Waals surface area contributed by atoms with Gasteiger partial charge in [0.25, 0.3) is 0 Å². The highest BCUT2D eigenvalue weighted by Crippen LogP contribution is 2.23. The molecule has 2 nitrogen and oxygen atoms in total. The van der Waals surface area contributed by atoms with Gasteiger partial charge in [-0.25, -0.2) is 0 Å². The van der Waals surface area contributed by atoms with Gasteiger partial charge in [0.15, 0.2) is 0 Å². The molecule has 0 amide bonds. The summed E-state index contributed by atoms with van der Waals surface area (Å²) in [7, 11) is 0. The summed E-state index contributed by atoms with van der Waals surface area (Å²) in [6.07, 6.45) is 4.89. The van der Waals surface area contributed by atoms with Gasteiger partial charge in [-0.3, -0.25) is 4.90 Å². The average Bonchev–Trinajstić information content (AvgIpc) is 2.53. The molecule has 3 heteroatoms. The fourth-order valence-electron chi connectivity index (χ4n) is 2.31. The standard InChI is InChI=1S/C10H20N2S/c1-3-8-6-5-7-12(8)9(4-2)10(11)13/h8-9H,3-7H2,1-2H3,(H2,11,13). The maximum absolute atomic E-state index is 5.73. The van der Waals surface area contributed by atoms with Gasteiger partial charge < -0.3 is 5.73 Å². The third kappa shape index (κ3) is 2.41. The number of hydrogen-bond donors (Lipinski definition) is 1. The van der Waals surface area contributed by atoms with E-state index < -0.39 is 0 Å². The molecule has 13 heavy (non-hydrogen) atoms. The molecule has 0 saturated carbocycles. The molecular weight excluding hydrogens is 180 g/mol. The van der Waals surface area contributed by atoms with Crippen molar-refractivity contribution in [1.82, 2.24) is 4.90 Å². The topological polar surface area (TPSA) is 29.3 Å². The Balaban J connectivity index is 2.61. The van der Waals surface area contributed by atoms with E-state index in [2.05, 4.69) is 18.7 Å². The number of thiocarbonyl (C=S) groups is 1. The van der Waals surface area contributed by atoms with Crippen molar-refractivity contribution in [3.8, 4) is 0 Å². The summed E-state index contributed by atoms with van der Waals surface area (Å²) in [5.41, 5.74) is 5.73. The largest absolute Gasteiger partial charge is 0.392 e. The van der Waals surface area contributed by atoms with Crippen LogP contribution in [-0.4, -0.2) is 28.5 Å². The molecule has 2 atom stereocenters. The second-order valence-electron chi connectivity index (χ2n) is 3.77. The highest BCUT2D eigenvalue weighted by Gasteiger charge is 2.29. The molecule has 0 aliphatic carbocycles. The average molecular weight is 200 g/mol. The van der Waals surface area contributed by atoms with Crippen LogP contribution in [-0.2, 0) is 0 Å². The highest BCUT2D eigenvalue weighted by molar-refractivity contribution is 7.80. The van der Waals surface area contributed by atoms with Crippen LogP contribution in [0.4, 0.5) is 0 Å².